The average Bonchev–Trinajstić information content (AvgIpc) is 2.07. The maximum atomic E-state index is 10.8. The van der Waals surface area contributed by atoms with E-state index < -0.39 is 10.8 Å². The highest BCUT2D eigenvalue weighted by atomic mass is 35.5. The van der Waals surface area contributed by atoms with E-state index in [1.54, 1.807) is 0 Å². The number of amides is 1. The van der Waals surface area contributed by atoms with Crippen LogP contribution in [0.4, 0.5) is 5.69 Å². The van der Waals surface area contributed by atoms with Crippen molar-refractivity contribution in [1.29, 1.82) is 0 Å². The molecule has 7 heteroatoms. The van der Waals surface area contributed by atoms with E-state index in [1.807, 2.05) is 0 Å². The third kappa shape index (κ3) is 1.97. The summed E-state index contributed by atoms with van der Waals surface area (Å²) in [4.78, 5) is 20.7. The highest BCUT2D eigenvalue weighted by molar-refractivity contribution is 7.80. The first-order chi connectivity index (χ1) is 6.43. The number of primary amides is 1. The van der Waals surface area contributed by atoms with Crippen LogP contribution in [0.5, 0.6) is 0 Å². The van der Waals surface area contributed by atoms with Gasteiger partial charge in [-0.05, 0) is 6.07 Å². The molecule has 0 radical (unpaired) electrons. The zero-order chi connectivity index (χ0) is 10.9. The number of carbonyl (C=O) groups is 1. The van der Waals surface area contributed by atoms with Gasteiger partial charge in [0.05, 0.1) is 10.5 Å². The molecule has 1 amide bonds. The number of hydrogen-bond acceptors (Lipinski definition) is 4. The van der Waals surface area contributed by atoms with Crippen molar-refractivity contribution in [1.82, 2.24) is 0 Å². The van der Waals surface area contributed by atoms with E-state index in [0.717, 1.165) is 12.1 Å². The van der Waals surface area contributed by atoms with Crippen molar-refractivity contribution in [3.05, 3.63) is 32.8 Å². The first-order valence-corrected chi connectivity index (χ1v) is 4.22. The van der Waals surface area contributed by atoms with Crippen LogP contribution in [0, 0.1) is 10.1 Å². The number of nitro benzene ring substituents is 1. The van der Waals surface area contributed by atoms with Gasteiger partial charge in [0.1, 0.15) is 5.02 Å². The first-order valence-electron chi connectivity index (χ1n) is 3.40. The predicted octanol–water partition coefficient (Wildman–Crippen LogP) is 1.64. The molecular weight excluding hydrogens is 228 g/mol. The Morgan fingerprint density at radius 3 is 2.57 bits per heavy atom. The van der Waals surface area contributed by atoms with E-state index >= 15 is 0 Å². The Morgan fingerprint density at radius 2 is 2.14 bits per heavy atom. The van der Waals surface area contributed by atoms with Crippen molar-refractivity contribution < 1.29 is 9.72 Å². The summed E-state index contributed by atoms with van der Waals surface area (Å²) >= 11 is 9.44. The largest absolute Gasteiger partial charge is 0.366 e. The Hall–Kier alpha value is -1.27. The molecule has 1 aromatic rings. The minimum atomic E-state index is -0.730. The molecule has 14 heavy (non-hydrogen) atoms. The van der Waals surface area contributed by atoms with Crippen LogP contribution >= 0.6 is 24.2 Å². The minimum Gasteiger partial charge on any atom is -0.366 e. The summed E-state index contributed by atoms with van der Waals surface area (Å²) in [5.74, 6) is -0.730. The SMILES string of the molecule is NC(=O)c1cc(Cl)c([N+](=O)[O-])cc1S. The maximum absolute atomic E-state index is 10.8. The van der Waals surface area contributed by atoms with Crippen molar-refractivity contribution in [3.63, 3.8) is 0 Å². The van der Waals surface area contributed by atoms with Gasteiger partial charge in [-0.15, -0.1) is 12.6 Å². The predicted molar refractivity (Wildman–Crippen MR) is 53.9 cm³/mol. The maximum Gasteiger partial charge on any atom is 0.289 e. The van der Waals surface area contributed by atoms with Crippen LogP contribution in [0.25, 0.3) is 0 Å². The minimum absolute atomic E-state index is 0.0592. The Balaban J connectivity index is 3.38. The van der Waals surface area contributed by atoms with Crippen LogP contribution in [0.15, 0.2) is 17.0 Å². The third-order valence-electron chi connectivity index (χ3n) is 1.53. The lowest BCUT2D eigenvalue weighted by Crippen LogP contribution is -2.12. The number of benzene rings is 1. The lowest BCUT2D eigenvalue weighted by molar-refractivity contribution is -0.384. The lowest BCUT2D eigenvalue weighted by atomic mass is 10.2. The van der Waals surface area contributed by atoms with Crippen LogP contribution in [0.1, 0.15) is 10.4 Å². The van der Waals surface area contributed by atoms with Crippen LogP contribution in [-0.4, -0.2) is 10.8 Å². The lowest BCUT2D eigenvalue weighted by Gasteiger charge is -2.01. The van der Waals surface area contributed by atoms with E-state index in [4.69, 9.17) is 17.3 Å². The van der Waals surface area contributed by atoms with Crippen molar-refractivity contribution in [2.45, 2.75) is 4.90 Å². The molecule has 1 aromatic carbocycles. The molecule has 2 N–H and O–H groups in total. The second kappa shape index (κ2) is 3.85. The number of nitrogens with two attached hydrogens (primary N) is 1. The summed E-state index contributed by atoms with van der Waals surface area (Å²) < 4.78 is 0. The number of rotatable bonds is 2. The summed E-state index contributed by atoms with van der Waals surface area (Å²) in [6.45, 7) is 0. The third-order valence-corrected chi connectivity index (χ3v) is 2.20. The molecule has 0 unspecified atom stereocenters. The summed E-state index contributed by atoms with van der Waals surface area (Å²) in [5.41, 5.74) is 4.75. The highest BCUT2D eigenvalue weighted by Crippen LogP contribution is 2.29. The van der Waals surface area contributed by atoms with Gasteiger partial charge in [-0.3, -0.25) is 14.9 Å². The van der Waals surface area contributed by atoms with Gasteiger partial charge in [0.15, 0.2) is 0 Å². The quantitative estimate of drug-likeness (QED) is 0.462. The van der Waals surface area contributed by atoms with Gasteiger partial charge in [-0.25, -0.2) is 0 Å². The molecule has 74 valence electrons. The van der Waals surface area contributed by atoms with Crippen molar-refractivity contribution >= 4 is 35.8 Å². The van der Waals surface area contributed by atoms with E-state index in [2.05, 4.69) is 12.6 Å². The Bertz CT molecular complexity index is 382. The number of nitrogens with zero attached hydrogens (tertiary/aromatic N) is 1. The molecule has 0 spiro atoms. The number of nitro groups is 1. The molecule has 1 rings (SSSR count). The van der Waals surface area contributed by atoms with Crippen LogP contribution < -0.4 is 5.73 Å². The second-order valence-electron chi connectivity index (χ2n) is 2.44. The molecule has 5 nitrogen and oxygen atoms in total. The normalized spacial score (nSPS) is 9.86. The molecule has 0 saturated heterocycles. The van der Waals surface area contributed by atoms with Crippen LogP contribution in [-0.2, 0) is 0 Å². The molecule has 0 aliphatic rings. The van der Waals surface area contributed by atoms with Gasteiger partial charge in [-0.2, -0.15) is 0 Å². The average molecular weight is 233 g/mol. The summed E-state index contributed by atoms with van der Waals surface area (Å²) in [5, 5.41) is 10.3. The first kappa shape index (κ1) is 10.8. The molecule has 0 atom stereocenters. The molecule has 0 bridgehead atoms. The highest BCUT2D eigenvalue weighted by Gasteiger charge is 2.17. The number of hydrogen-bond donors (Lipinski definition) is 2. The van der Waals surface area contributed by atoms with Crippen LogP contribution in [0.2, 0.25) is 5.02 Å². The molecule has 0 aromatic heterocycles. The molecule has 0 aliphatic heterocycles. The smallest absolute Gasteiger partial charge is 0.289 e. The standard InChI is InChI=1S/C7H5ClN2O3S/c8-4-1-3(7(9)11)6(14)2-5(4)10(12)13/h1-2,14H,(H2,9,11). The van der Waals surface area contributed by atoms with E-state index in [0.29, 0.717) is 0 Å². The topological polar surface area (TPSA) is 86.2 Å². The fourth-order valence-corrected chi connectivity index (χ4v) is 1.42. The van der Waals surface area contributed by atoms with Gasteiger partial charge >= 0.3 is 0 Å². The monoisotopic (exact) mass is 232 g/mol. The summed E-state index contributed by atoms with van der Waals surface area (Å²) in [7, 11) is 0. The Kier molecular flexibility index (Phi) is 2.97. The fraction of sp³-hybridized carbons (Fsp3) is 0. The molecule has 0 fully saturated rings. The molecular formula is C7H5ClN2O3S. The Morgan fingerprint density at radius 1 is 1.57 bits per heavy atom. The summed E-state index contributed by atoms with van der Waals surface area (Å²) in [6, 6.07) is 2.22. The number of halogens is 1. The van der Waals surface area contributed by atoms with E-state index in [1.165, 1.54) is 0 Å². The molecule has 0 heterocycles. The van der Waals surface area contributed by atoms with Gasteiger partial charge < -0.3 is 5.73 Å². The van der Waals surface area contributed by atoms with Gasteiger partial charge in [0, 0.05) is 11.0 Å². The van der Waals surface area contributed by atoms with E-state index in [9.17, 15) is 14.9 Å². The Labute approximate surface area is 89.4 Å². The number of thiol groups is 1. The number of carbonyl (C=O) groups excluding carboxylic acids is 1. The van der Waals surface area contributed by atoms with Crippen LogP contribution in [0.3, 0.4) is 0 Å². The van der Waals surface area contributed by atoms with Gasteiger partial charge in [0.25, 0.3) is 5.69 Å². The zero-order valence-electron chi connectivity index (χ0n) is 6.73. The fourth-order valence-electron chi connectivity index (χ4n) is 0.888. The zero-order valence-corrected chi connectivity index (χ0v) is 8.38. The van der Waals surface area contributed by atoms with Crippen molar-refractivity contribution in [2.75, 3.05) is 0 Å². The second-order valence-corrected chi connectivity index (χ2v) is 3.33. The van der Waals surface area contributed by atoms with Gasteiger partial charge in [0.2, 0.25) is 5.91 Å². The molecule has 0 saturated carbocycles. The van der Waals surface area contributed by atoms with E-state index in [-0.39, 0.29) is 21.2 Å². The van der Waals surface area contributed by atoms with Crippen molar-refractivity contribution in [3.8, 4) is 0 Å². The summed E-state index contributed by atoms with van der Waals surface area (Å²) in [6.07, 6.45) is 0. The molecule has 0 aliphatic carbocycles. The van der Waals surface area contributed by atoms with Gasteiger partial charge in [-0.1, -0.05) is 11.6 Å². The van der Waals surface area contributed by atoms with Crippen molar-refractivity contribution in [2.24, 2.45) is 5.73 Å².